The fraction of sp³-hybridized carbons (Fsp3) is 0.217. The van der Waals surface area contributed by atoms with Crippen molar-refractivity contribution in [1.29, 1.82) is 0 Å². The van der Waals surface area contributed by atoms with Gasteiger partial charge in [-0.15, -0.1) is 0 Å². The third-order valence-corrected chi connectivity index (χ3v) is 5.18. The second kappa shape index (κ2) is 7.12. The SMILES string of the molecule is C=CC(=O)N1N=C2/C(=C/c3ccccc3)CCC[C@@H]2[C@H]1c1ccccc1. The van der Waals surface area contributed by atoms with Gasteiger partial charge in [0.15, 0.2) is 0 Å². The van der Waals surface area contributed by atoms with Crippen LogP contribution in [-0.2, 0) is 4.79 Å². The van der Waals surface area contributed by atoms with Gasteiger partial charge in [0.1, 0.15) is 0 Å². The molecule has 0 radical (unpaired) electrons. The van der Waals surface area contributed by atoms with Gasteiger partial charge in [-0.1, -0.05) is 67.2 Å². The van der Waals surface area contributed by atoms with Crippen molar-refractivity contribution in [3.8, 4) is 0 Å². The first-order chi connectivity index (χ1) is 12.8. The first-order valence-corrected chi connectivity index (χ1v) is 9.13. The summed E-state index contributed by atoms with van der Waals surface area (Å²) in [7, 11) is 0. The molecule has 0 N–H and O–H groups in total. The molecule has 1 heterocycles. The number of nitrogens with zero attached hydrogens (tertiary/aromatic N) is 2. The maximum atomic E-state index is 12.5. The molecule has 130 valence electrons. The molecule has 4 rings (SSSR count). The molecule has 2 atom stereocenters. The lowest BCUT2D eigenvalue weighted by atomic mass is 9.77. The Hall–Kier alpha value is -2.94. The summed E-state index contributed by atoms with van der Waals surface area (Å²) in [5.74, 6) is 0.102. The van der Waals surface area contributed by atoms with Gasteiger partial charge < -0.3 is 0 Å². The molecule has 1 aliphatic carbocycles. The average Bonchev–Trinajstić information content (AvgIpc) is 3.09. The van der Waals surface area contributed by atoms with Crippen molar-refractivity contribution in [1.82, 2.24) is 5.01 Å². The van der Waals surface area contributed by atoms with Crippen molar-refractivity contribution >= 4 is 17.7 Å². The molecule has 26 heavy (non-hydrogen) atoms. The summed E-state index contributed by atoms with van der Waals surface area (Å²) in [4.78, 5) is 12.5. The van der Waals surface area contributed by atoms with E-state index in [-0.39, 0.29) is 17.9 Å². The molecule has 2 aromatic rings. The van der Waals surface area contributed by atoms with Gasteiger partial charge in [-0.25, -0.2) is 5.01 Å². The molecule has 0 unspecified atom stereocenters. The Kier molecular flexibility index (Phi) is 4.53. The van der Waals surface area contributed by atoms with Gasteiger partial charge in [0.25, 0.3) is 5.91 Å². The summed E-state index contributed by atoms with van der Waals surface area (Å²) in [5.41, 5.74) is 4.61. The van der Waals surface area contributed by atoms with E-state index in [2.05, 4.69) is 36.9 Å². The lowest BCUT2D eigenvalue weighted by Crippen LogP contribution is -2.30. The maximum Gasteiger partial charge on any atom is 0.266 e. The Morgan fingerprint density at radius 1 is 1.08 bits per heavy atom. The van der Waals surface area contributed by atoms with E-state index >= 15 is 0 Å². The summed E-state index contributed by atoms with van der Waals surface area (Å²) in [6.07, 6.45) is 6.74. The number of hydrazone groups is 1. The molecule has 1 aliphatic heterocycles. The van der Waals surface area contributed by atoms with Crippen LogP contribution in [0.25, 0.3) is 6.08 Å². The lowest BCUT2D eigenvalue weighted by Gasteiger charge is -2.29. The Labute approximate surface area is 154 Å². The minimum atomic E-state index is -0.139. The Morgan fingerprint density at radius 3 is 2.46 bits per heavy atom. The number of carbonyl (C=O) groups is 1. The molecule has 1 fully saturated rings. The molecule has 1 amide bonds. The highest BCUT2D eigenvalue weighted by molar-refractivity contribution is 6.08. The zero-order chi connectivity index (χ0) is 17.9. The molecule has 0 bridgehead atoms. The first-order valence-electron chi connectivity index (χ1n) is 9.13. The highest BCUT2D eigenvalue weighted by Gasteiger charge is 2.42. The number of allylic oxidation sites excluding steroid dienone is 1. The van der Waals surface area contributed by atoms with Crippen LogP contribution in [0.5, 0.6) is 0 Å². The zero-order valence-corrected chi connectivity index (χ0v) is 14.7. The molecule has 2 aromatic carbocycles. The van der Waals surface area contributed by atoms with Crippen molar-refractivity contribution in [2.45, 2.75) is 25.3 Å². The van der Waals surface area contributed by atoms with Gasteiger partial charge in [0.05, 0.1) is 11.8 Å². The van der Waals surface area contributed by atoms with E-state index in [1.165, 1.54) is 17.2 Å². The monoisotopic (exact) mass is 342 g/mol. The van der Waals surface area contributed by atoms with Crippen LogP contribution in [0.15, 0.2) is 84.0 Å². The molecule has 0 saturated heterocycles. The van der Waals surface area contributed by atoms with Crippen molar-refractivity contribution < 1.29 is 4.79 Å². The summed E-state index contributed by atoms with van der Waals surface area (Å²) < 4.78 is 0. The van der Waals surface area contributed by atoms with Crippen molar-refractivity contribution in [3.05, 3.63) is 90.0 Å². The average molecular weight is 342 g/mol. The van der Waals surface area contributed by atoms with E-state index in [1.807, 2.05) is 36.4 Å². The fourth-order valence-electron chi connectivity index (χ4n) is 4.01. The van der Waals surface area contributed by atoms with Crippen LogP contribution >= 0.6 is 0 Å². The summed E-state index contributed by atoms with van der Waals surface area (Å²) in [6.45, 7) is 3.66. The van der Waals surface area contributed by atoms with Gasteiger partial charge in [-0.2, -0.15) is 5.10 Å². The summed E-state index contributed by atoms with van der Waals surface area (Å²) >= 11 is 0. The maximum absolute atomic E-state index is 12.5. The lowest BCUT2D eigenvalue weighted by molar-refractivity contribution is -0.128. The number of hydrogen-bond acceptors (Lipinski definition) is 2. The number of amides is 1. The molecule has 0 spiro atoms. The second-order valence-corrected chi connectivity index (χ2v) is 6.81. The highest BCUT2D eigenvalue weighted by atomic mass is 16.2. The number of benzene rings is 2. The summed E-state index contributed by atoms with van der Waals surface area (Å²) in [5, 5.41) is 6.41. The normalized spacial score (nSPS) is 23.5. The van der Waals surface area contributed by atoms with Gasteiger partial charge in [-0.3, -0.25) is 4.79 Å². The van der Waals surface area contributed by atoms with Gasteiger partial charge >= 0.3 is 0 Å². The van der Waals surface area contributed by atoms with Crippen LogP contribution in [0.1, 0.15) is 36.4 Å². The minimum Gasteiger partial charge on any atom is -0.268 e. The van der Waals surface area contributed by atoms with Crippen LogP contribution in [-0.4, -0.2) is 16.6 Å². The predicted octanol–water partition coefficient (Wildman–Crippen LogP) is 5.00. The topological polar surface area (TPSA) is 32.7 Å². The van der Waals surface area contributed by atoms with E-state index in [0.29, 0.717) is 0 Å². The molecular weight excluding hydrogens is 320 g/mol. The Bertz CT molecular complexity index is 868. The fourth-order valence-corrected chi connectivity index (χ4v) is 4.01. The van der Waals surface area contributed by atoms with Gasteiger partial charge in [0.2, 0.25) is 0 Å². The standard InChI is InChI=1S/C23H22N2O/c1-2-21(26)25-23(18-12-7-4-8-13-18)20-15-9-14-19(22(20)24-25)16-17-10-5-3-6-11-17/h2-8,10-13,16,20,23H,1,9,14-15H2/b19-16+/t20-,23+/m0/s1. The van der Waals surface area contributed by atoms with E-state index in [4.69, 9.17) is 5.10 Å². The largest absolute Gasteiger partial charge is 0.268 e. The first kappa shape index (κ1) is 16.5. The third-order valence-electron chi connectivity index (χ3n) is 5.18. The molecule has 3 heteroatoms. The van der Waals surface area contributed by atoms with Crippen LogP contribution in [0.2, 0.25) is 0 Å². The Balaban J connectivity index is 1.76. The quantitative estimate of drug-likeness (QED) is 0.723. The smallest absolute Gasteiger partial charge is 0.266 e. The van der Waals surface area contributed by atoms with E-state index in [9.17, 15) is 4.79 Å². The Morgan fingerprint density at radius 2 is 1.77 bits per heavy atom. The molecule has 3 nitrogen and oxygen atoms in total. The van der Waals surface area contributed by atoms with Crippen LogP contribution in [0.4, 0.5) is 0 Å². The number of fused-ring (bicyclic) bond motifs is 1. The zero-order valence-electron chi connectivity index (χ0n) is 14.7. The minimum absolute atomic E-state index is 0.0452. The van der Waals surface area contributed by atoms with Crippen molar-refractivity contribution in [2.24, 2.45) is 11.0 Å². The second-order valence-electron chi connectivity index (χ2n) is 6.81. The predicted molar refractivity (Wildman–Crippen MR) is 105 cm³/mol. The van der Waals surface area contributed by atoms with E-state index in [1.54, 1.807) is 5.01 Å². The molecule has 2 aliphatic rings. The van der Waals surface area contributed by atoms with Crippen molar-refractivity contribution in [2.75, 3.05) is 0 Å². The van der Waals surface area contributed by atoms with Crippen LogP contribution < -0.4 is 0 Å². The van der Waals surface area contributed by atoms with Gasteiger partial charge in [-0.05, 0) is 48.1 Å². The van der Waals surface area contributed by atoms with E-state index < -0.39 is 0 Å². The number of carbonyl (C=O) groups excluding carboxylic acids is 1. The summed E-state index contributed by atoms with van der Waals surface area (Å²) in [6, 6.07) is 20.5. The molecule has 0 aromatic heterocycles. The number of rotatable bonds is 3. The highest BCUT2D eigenvalue weighted by Crippen LogP contribution is 2.44. The van der Waals surface area contributed by atoms with Crippen molar-refractivity contribution in [3.63, 3.8) is 0 Å². The van der Waals surface area contributed by atoms with Gasteiger partial charge in [0, 0.05) is 5.92 Å². The third kappa shape index (κ3) is 3.01. The number of hydrogen-bond donors (Lipinski definition) is 0. The van der Waals surface area contributed by atoms with E-state index in [0.717, 1.165) is 30.5 Å². The molecular formula is C23H22N2O. The molecule has 1 saturated carbocycles. The van der Waals surface area contributed by atoms with Crippen LogP contribution in [0, 0.1) is 5.92 Å². The van der Waals surface area contributed by atoms with Crippen LogP contribution in [0.3, 0.4) is 0 Å².